The fourth-order valence-electron chi connectivity index (χ4n) is 4.26. The zero-order valence-corrected chi connectivity index (χ0v) is 14.2. The average Bonchev–Trinajstić information content (AvgIpc) is 3.14. The summed E-state index contributed by atoms with van der Waals surface area (Å²) in [6.45, 7) is -1.51. The lowest BCUT2D eigenvalue weighted by Gasteiger charge is -2.40. The Morgan fingerprint density at radius 3 is 2.76 bits per heavy atom. The molecule has 5 nitrogen and oxygen atoms in total. The molecule has 0 unspecified atom stereocenters. The van der Waals surface area contributed by atoms with Gasteiger partial charge in [0.15, 0.2) is 23.0 Å². The third-order valence-corrected chi connectivity index (χ3v) is 5.41. The van der Waals surface area contributed by atoms with E-state index in [9.17, 15) is 0 Å². The molecule has 0 amide bonds. The van der Waals surface area contributed by atoms with E-state index in [1.165, 1.54) is 0 Å². The summed E-state index contributed by atoms with van der Waals surface area (Å²) in [6.07, 6.45) is 1.25. The second kappa shape index (κ2) is 5.30. The lowest BCUT2D eigenvalue weighted by molar-refractivity contribution is 0.174. The average molecular weight is 342 g/mol. The molecule has 1 aliphatic carbocycles. The Bertz CT molecular complexity index is 973. The van der Waals surface area contributed by atoms with Crippen molar-refractivity contribution in [1.29, 1.82) is 0 Å². The quantitative estimate of drug-likeness (QED) is 0.838. The molecule has 0 saturated heterocycles. The van der Waals surface area contributed by atoms with Crippen molar-refractivity contribution in [2.75, 3.05) is 34.5 Å². The highest BCUT2D eigenvalue weighted by Gasteiger charge is 2.38. The second-order valence-electron chi connectivity index (χ2n) is 6.59. The highest BCUT2D eigenvalue weighted by molar-refractivity contribution is 5.85. The van der Waals surface area contributed by atoms with E-state index in [-0.39, 0.29) is 12.8 Å². The smallest absolute Gasteiger partial charge is 0.231 e. The molecule has 2 heterocycles. The van der Waals surface area contributed by atoms with Gasteiger partial charge in [-0.2, -0.15) is 0 Å². The van der Waals surface area contributed by atoms with E-state index in [0.29, 0.717) is 36.6 Å². The van der Waals surface area contributed by atoms with E-state index < -0.39 is 6.98 Å². The monoisotopic (exact) mass is 342 g/mol. The maximum absolute atomic E-state index is 8.03. The van der Waals surface area contributed by atoms with Crippen molar-refractivity contribution < 1.29 is 23.1 Å². The number of methoxy groups -OCH3 is 2. The minimum Gasteiger partial charge on any atom is -0.493 e. The number of nitrogens with zero attached hydrogens (tertiary/aromatic N) is 1. The topological polar surface area (TPSA) is 40.2 Å². The van der Waals surface area contributed by atoms with Crippen LogP contribution in [0.5, 0.6) is 23.0 Å². The Kier molecular flexibility index (Phi) is 2.55. The molecular formula is C20H21NO4. The third-order valence-electron chi connectivity index (χ3n) is 5.41. The predicted octanol–water partition coefficient (Wildman–Crippen LogP) is 3.18. The summed E-state index contributed by atoms with van der Waals surface area (Å²) in [5.74, 6) is 2.67. The molecule has 2 aliphatic heterocycles. The van der Waals surface area contributed by atoms with Crippen molar-refractivity contribution in [2.45, 2.75) is 18.9 Å². The Morgan fingerprint density at radius 1 is 1.12 bits per heavy atom. The molecule has 5 rings (SSSR count). The van der Waals surface area contributed by atoms with Gasteiger partial charge in [-0.25, -0.2) is 0 Å². The van der Waals surface area contributed by atoms with Crippen LogP contribution in [0.2, 0.25) is 0 Å². The Morgan fingerprint density at radius 2 is 1.96 bits per heavy atom. The molecule has 2 aromatic rings. The molecule has 0 spiro atoms. The Balaban J connectivity index is 1.80. The standard InChI is InChI=1S/C20H21NO4/c1-21-5-4-11-7-17-20(25-10-24-17)19-13-9-16(23-3)15(22-2)8-12(13)6-14(21)18(11)19/h7-9,14H,4-6,10H2,1-3H3/t14-/m1/s1/i1D3. The molecule has 3 aliphatic rings. The highest BCUT2D eigenvalue weighted by atomic mass is 16.7. The first-order chi connectivity index (χ1) is 13.4. The third kappa shape index (κ3) is 1.99. The maximum Gasteiger partial charge on any atom is 0.231 e. The first-order valence-electron chi connectivity index (χ1n) is 9.89. The minimum atomic E-state index is -2.16. The highest BCUT2D eigenvalue weighted by Crippen LogP contribution is 2.55. The van der Waals surface area contributed by atoms with Gasteiger partial charge in [-0.1, -0.05) is 0 Å². The first-order valence-corrected chi connectivity index (χ1v) is 8.39. The number of ether oxygens (including phenoxy) is 4. The maximum atomic E-state index is 8.03. The number of fused-ring (bicyclic) bond motifs is 4. The molecule has 0 saturated carbocycles. The van der Waals surface area contributed by atoms with E-state index in [0.717, 1.165) is 33.6 Å². The van der Waals surface area contributed by atoms with Crippen molar-refractivity contribution >= 4 is 0 Å². The molecule has 5 heteroatoms. The summed E-state index contributed by atoms with van der Waals surface area (Å²) in [7, 11) is 3.21. The van der Waals surface area contributed by atoms with Gasteiger partial charge in [0.05, 0.1) is 14.2 Å². The fraction of sp³-hybridized carbons (Fsp3) is 0.400. The summed E-state index contributed by atoms with van der Waals surface area (Å²) in [5.41, 5.74) is 5.09. The molecule has 130 valence electrons. The van der Waals surface area contributed by atoms with Crippen molar-refractivity contribution in [2.24, 2.45) is 0 Å². The van der Waals surface area contributed by atoms with Gasteiger partial charge in [0.1, 0.15) is 0 Å². The van der Waals surface area contributed by atoms with Crippen LogP contribution in [0.3, 0.4) is 0 Å². The molecule has 0 bridgehead atoms. The minimum absolute atomic E-state index is 0.168. The SMILES string of the molecule is [2H]C([2H])([2H])N1CCc2cc3c(c4c2[C@H]1Cc1cc(OC)c(OC)cc1-4)OCO3. The van der Waals surface area contributed by atoms with Crippen LogP contribution in [-0.4, -0.2) is 39.4 Å². The molecule has 0 radical (unpaired) electrons. The van der Waals surface area contributed by atoms with Gasteiger partial charge >= 0.3 is 0 Å². The first kappa shape index (κ1) is 12.0. The summed E-state index contributed by atoms with van der Waals surface area (Å²) in [5, 5.41) is 0. The summed E-state index contributed by atoms with van der Waals surface area (Å²) in [4.78, 5) is 1.63. The van der Waals surface area contributed by atoms with Gasteiger partial charge in [0.2, 0.25) is 6.79 Å². The Hall–Kier alpha value is -2.40. The van der Waals surface area contributed by atoms with Gasteiger partial charge in [-0.05, 0) is 60.3 Å². The molecule has 0 aromatic heterocycles. The van der Waals surface area contributed by atoms with Crippen molar-refractivity contribution in [3.8, 4) is 34.1 Å². The molecular weight excluding hydrogens is 318 g/mol. The largest absolute Gasteiger partial charge is 0.493 e. The molecule has 25 heavy (non-hydrogen) atoms. The molecule has 2 aromatic carbocycles. The van der Waals surface area contributed by atoms with E-state index in [1.807, 2.05) is 18.2 Å². The van der Waals surface area contributed by atoms with Crippen LogP contribution in [-0.2, 0) is 12.8 Å². The van der Waals surface area contributed by atoms with Gasteiger partial charge in [0, 0.05) is 22.3 Å². The van der Waals surface area contributed by atoms with Crippen molar-refractivity contribution in [3.05, 3.63) is 34.9 Å². The van der Waals surface area contributed by atoms with Gasteiger partial charge < -0.3 is 18.9 Å². The lowest BCUT2D eigenvalue weighted by Crippen LogP contribution is -2.35. The van der Waals surface area contributed by atoms with Crippen LogP contribution in [0.15, 0.2) is 18.2 Å². The summed E-state index contributed by atoms with van der Waals surface area (Å²) in [6, 6.07) is 5.66. The van der Waals surface area contributed by atoms with E-state index in [2.05, 4.69) is 0 Å². The Labute approximate surface area is 151 Å². The van der Waals surface area contributed by atoms with Gasteiger partial charge in [-0.15, -0.1) is 0 Å². The number of hydrogen-bond acceptors (Lipinski definition) is 5. The summed E-state index contributed by atoms with van der Waals surface area (Å²) < 4.78 is 46.6. The molecule has 1 atom stereocenters. The van der Waals surface area contributed by atoms with Crippen LogP contribution in [0.25, 0.3) is 11.1 Å². The normalized spacial score (nSPS) is 22.3. The fourth-order valence-corrected chi connectivity index (χ4v) is 4.26. The van der Waals surface area contributed by atoms with Crippen molar-refractivity contribution in [3.63, 3.8) is 0 Å². The van der Waals surface area contributed by atoms with Crippen LogP contribution >= 0.6 is 0 Å². The summed E-state index contributed by atoms with van der Waals surface area (Å²) >= 11 is 0. The van der Waals surface area contributed by atoms with E-state index in [1.54, 1.807) is 19.1 Å². The molecule has 0 fully saturated rings. The van der Waals surface area contributed by atoms with Crippen LogP contribution < -0.4 is 18.9 Å². The van der Waals surface area contributed by atoms with Crippen molar-refractivity contribution in [1.82, 2.24) is 4.90 Å². The van der Waals surface area contributed by atoms with Crippen LogP contribution in [0.4, 0.5) is 0 Å². The number of hydrogen-bond donors (Lipinski definition) is 0. The predicted molar refractivity (Wildman–Crippen MR) is 93.9 cm³/mol. The van der Waals surface area contributed by atoms with Gasteiger partial charge in [0.25, 0.3) is 0 Å². The van der Waals surface area contributed by atoms with Crippen LogP contribution in [0.1, 0.15) is 26.8 Å². The molecule has 0 N–H and O–H groups in total. The van der Waals surface area contributed by atoms with Gasteiger partial charge in [-0.3, -0.25) is 4.90 Å². The second-order valence-corrected chi connectivity index (χ2v) is 6.59. The zero-order chi connectivity index (χ0) is 19.6. The number of rotatable bonds is 2. The zero-order valence-electron chi connectivity index (χ0n) is 17.2. The van der Waals surface area contributed by atoms with Crippen LogP contribution in [0, 0.1) is 0 Å². The number of likely N-dealkylation sites (N-methyl/N-ethyl adjacent to an activating group) is 1. The van der Waals surface area contributed by atoms with E-state index in [4.69, 9.17) is 23.1 Å². The van der Waals surface area contributed by atoms with E-state index >= 15 is 0 Å². The lowest BCUT2D eigenvalue weighted by atomic mass is 9.76. The number of benzene rings is 2.